The van der Waals surface area contributed by atoms with Crippen molar-refractivity contribution in [2.24, 2.45) is 0 Å². The SMILES string of the molecule is COc1ccccc1CNC(=O)[C@H](C)On1nnc2ccc(Cl)cc21. The van der Waals surface area contributed by atoms with Gasteiger partial charge >= 0.3 is 0 Å². The number of fused-ring (bicyclic) bond motifs is 1. The van der Waals surface area contributed by atoms with E-state index in [4.69, 9.17) is 21.2 Å². The number of ether oxygens (including phenoxy) is 1. The lowest BCUT2D eigenvalue weighted by Crippen LogP contribution is -2.39. The van der Waals surface area contributed by atoms with E-state index >= 15 is 0 Å². The lowest BCUT2D eigenvalue weighted by Gasteiger charge is -2.14. The fraction of sp³-hybridized carbons (Fsp3) is 0.235. The van der Waals surface area contributed by atoms with E-state index in [-0.39, 0.29) is 5.91 Å². The number of halogens is 1. The number of aromatic nitrogens is 3. The van der Waals surface area contributed by atoms with Crippen molar-refractivity contribution < 1.29 is 14.4 Å². The number of hydrogen-bond acceptors (Lipinski definition) is 5. The zero-order valence-corrected chi connectivity index (χ0v) is 14.5. The van der Waals surface area contributed by atoms with Crippen LogP contribution in [0.2, 0.25) is 5.02 Å². The molecule has 0 aliphatic carbocycles. The molecule has 7 nitrogen and oxygen atoms in total. The molecule has 1 heterocycles. The maximum Gasteiger partial charge on any atom is 0.263 e. The molecule has 0 saturated heterocycles. The standard InChI is InChI=1S/C17H17ClN4O3/c1-11(17(23)19-10-12-5-3-4-6-16(12)24-2)25-22-15-9-13(18)7-8-14(15)20-21-22/h3-9,11H,10H2,1-2H3,(H,19,23)/t11-/m0/s1. The molecule has 3 aromatic rings. The van der Waals surface area contributed by atoms with E-state index in [0.29, 0.717) is 28.4 Å². The summed E-state index contributed by atoms with van der Waals surface area (Å²) in [5.41, 5.74) is 2.10. The van der Waals surface area contributed by atoms with Crippen molar-refractivity contribution in [2.45, 2.75) is 19.6 Å². The molecule has 25 heavy (non-hydrogen) atoms. The van der Waals surface area contributed by atoms with Gasteiger partial charge in [-0.05, 0) is 36.4 Å². The number of para-hydroxylation sites is 1. The summed E-state index contributed by atoms with van der Waals surface area (Å²) < 4.78 is 5.27. The lowest BCUT2D eigenvalue weighted by atomic mass is 10.2. The normalized spacial score (nSPS) is 12.0. The van der Waals surface area contributed by atoms with Crippen LogP contribution in [0.3, 0.4) is 0 Å². The van der Waals surface area contributed by atoms with Crippen molar-refractivity contribution in [2.75, 3.05) is 7.11 Å². The van der Waals surface area contributed by atoms with Crippen LogP contribution in [0.25, 0.3) is 11.0 Å². The molecule has 0 radical (unpaired) electrons. The first-order valence-corrected chi connectivity index (χ1v) is 8.04. The van der Waals surface area contributed by atoms with Crippen LogP contribution in [-0.4, -0.2) is 34.3 Å². The quantitative estimate of drug-likeness (QED) is 0.729. The third kappa shape index (κ3) is 3.83. The van der Waals surface area contributed by atoms with Crippen LogP contribution < -0.4 is 14.9 Å². The number of methoxy groups -OCH3 is 1. The van der Waals surface area contributed by atoms with Crippen LogP contribution in [0.1, 0.15) is 12.5 Å². The van der Waals surface area contributed by atoms with Crippen molar-refractivity contribution in [3.63, 3.8) is 0 Å². The van der Waals surface area contributed by atoms with Gasteiger partial charge in [0.25, 0.3) is 5.91 Å². The Morgan fingerprint density at radius 1 is 1.32 bits per heavy atom. The number of carbonyl (C=O) groups is 1. The third-order valence-corrected chi connectivity index (χ3v) is 3.89. The monoisotopic (exact) mass is 360 g/mol. The molecule has 0 aliphatic heterocycles. The molecule has 1 aromatic heterocycles. The van der Waals surface area contributed by atoms with Gasteiger partial charge in [-0.25, -0.2) is 0 Å². The van der Waals surface area contributed by atoms with Crippen molar-refractivity contribution >= 4 is 28.5 Å². The van der Waals surface area contributed by atoms with Crippen LogP contribution >= 0.6 is 11.6 Å². The Bertz CT molecular complexity index is 896. The van der Waals surface area contributed by atoms with Crippen molar-refractivity contribution in [1.82, 2.24) is 20.5 Å². The Balaban J connectivity index is 1.65. The summed E-state index contributed by atoms with van der Waals surface area (Å²) in [7, 11) is 1.59. The van der Waals surface area contributed by atoms with Gasteiger partial charge in [0.15, 0.2) is 0 Å². The molecule has 1 atom stereocenters. The highest BCUT2D eigenvalue weighted by Gasteiger charge is 2.17. The molecular formula is C17H17ClN4O3. The van der Waals surface area contributed by atoms with E-state index in [0.717, 1.165) is 5.56 Å². The lowest BCUT2D eigenvalue weighted by molar-refractivity contribution is -0.133. The Morgan fingerprint density at radius 3 is 2.92 bits per heavy atom. The summed E-state index contributed by atoms with van der Waals surface area (Å²) in [6.07, 6.45) is -0.765. The number of rotatable bonds is 6. The van der Waals surface area contributed by atoms with E-state index in [2.05, 4.69) is 15.6 Å². The highest BCUT2D eigenvalue weighted by Crippen LogP contribution is 2.17. The molecule has 0 aliphatic rings. The molecule has 0 bridgehead atoms. The van der Waals surface area contributed by atoms with Gasteiger partial charge in [0.05, 0.1) is 7.11 Å². The molecule has 3 rings (SSSR count). The Hall–Kier alpha value is -2.80. The van der Waals surface area contributed by atoms with Gasteiger partial charge in [0.1, 0.15) is 16.8 Å². The zero-order valence-electron chi connectivity index (χ0n) is 13.8. The van der Waals surface area contributed by atoms with Gasteiger partial charge in [0.2, 0.25) is 6.10 Å². The summed E-state index contributed by atoms with van der Waals surface area (Å²) in [5.74, 6) is 0.435. The second-order valence-corrected chi connectivity index (χ2v) is 5.81. The van der Waals surface area contributed by atoms with Gasteiger partial charge < -0.3 is 14.9 Å². The van der Waals surface area contributed by atoms with E-state index in [1.54, 1.807) is 32.2 Å². The minimum atomic E-state index is -0.765. The molecule has 2 aromatic carbocycles. The van der Waals surface area contributed by atoms with Crippen molar-refractivity contribution in [3.05, 3.63) is 53.1 Å². The van der Waals surface area contributed by atoms with Crippen LogP contribution in [0.15, 0.2) is 42.5 Å². The van der Waals surface area contributed by atoms with Gasteiger partial charge in [0, 0.05) is 17.1 Å². The molecule has 130 valence electrons. The molecule has 0 spiro atoms. The first kappa shape index (κ1) is 17.0. The van der Waals surface area contributed by atoms with E-state index in [1.807, 2.05) is 24.3 Å². The smallest absolute Gasteiger partial charge is 0.263 e. The summed E-state index contributed by atoms with van der Waals surface area (Å²) in [6.45, 7) is 1.97. The summed E-state index contributed by atoms with van der Waals surface area (Å²) in [5, 5.41) is 11.2. The second kappa shape index (κ2) is 7.40. The Morgan fingerprint density at radius 2 is 2.12 bits per heavy atom. The van der Waals surface area contributed by atoms with Gasteiger partial charge in [-0.15, -0.1) is 5.10 Å². The van der Waals surface area contributed by atoms with E-state index in [1.165, 1.54) is 4.85 Å². The predicted molar refractivity (Wildman–Crippen MR) is 93.4 cm³/mol. The molecule has 1 amide bonds. The fourth-order valence-corrected chi connectivity index (χ4v) is 2.49. The molecule has 0 unspecified atom stereocenters. The first-order valence-electron chi connectivity index (χ1n) is 7.66. The zero-order chi connectivity index (χ0) is 17.8. The minimum Gasteiger partial charge on any atom is -0.496 e. The topological polar surface area (TPSA) is 78.3 Å². The van der Waals surface area contributed by atoms with Crippen LogP contribution in [0.5, 0.6) is 5.75 Å². The summed E-state index contributed by atoms with van der Waals surface area (Å²) in [6, 6.07) is 12.6. The average molecular weight is 361 g/mol. The number of carbonyl (C=O) groups excluding carboxylic acids is 1. The van der Waals surface area contributed by atoms with Crippen LogP contribution in [-0.2, 0) is 11.3 Å². The van der Waals surface area contributed by atoms with E-state index in [9.17, 15) is 4.79 Å². The molecular weight excluding hydrogens is 344 g/mol. The summed E-state index contributed by atoms with van der Waals surface area (Å²) >= 11 is 5.98. The number of hydrogen-bond donors (Lipinski definition) is 1. The van der Waals surface area contributed by atoms with Gasteiger partial charge in [-0.3, -0.25) is 4.79 Å². The van der Waals surface area contributed by atoms with Crippen LogP contribution in [0, 0.1) is 0 Å². The molecule has 1 N–H and O–H groups in total. The molecule has 0 saturated carbocycles. The highest BCUT2D eigenvalue weighted by atomic mass is 35.5. The number of benzene rings is 2. The van der Waals surface area contributed by atoms with Gasteiger partial charge in [-0.1, -0.05) is 34.6 Å². The highest BCUT2D eigenvalue weighted by molar-refractivity contribution is 6.31. The average Bonchev–Trinajstić information content (AvgIpc) is 3.01. The fourth-order valence-electron chi connectivity index (χ4n) is 2.32. The summed E-state index contributed by atoms with van der Waals surface area (Å²) in [4.78, 5) is 19.1. The van der Waals surface area contributed by atoms with Gasteiger partial charge in [-0.2, -0.15) is 0 Å². The third-order valence-electron chi connectivity index (χ3n) is 3.65. The Kier molecular flexibility index (Phi) is 5.04. The van der Waals surface area contributed by atoms with Crippen molar-refractivity contribution in [3.8, 4) is 5.75 Å². The minimum absolute atomic E-state index is 0.281. The Labute approximate surface area is 149 Å². The number of nitrogens with zero attached hydrogens (tertiary/aromatic N) is 3. The molecule has 0 fully saturated rings. The second-order valence-electron chi connectivity index (χ2n) is 5.37. The predicted octanol–water partition coefficient (Wildman–Crippen LogP) is 2.23. The molecule has 8 heteroatoms. The number of amides is 1. The largest absolute Gasteiger partial charge is 0.496 e. The van der Waals surface area contributed by atoms with Crippen LogP contribution in [0.4, 0.5) is 0 Å². The number of nitrogens with one attached hydrogen (secondary N) is 1. The first-order chi connectivity index (χ1) is 12.1. The maximum absolute atomic E-state index is 12.3. The van der Waals surface area contributed by atoms with E-state index < -0.39 is 6.10 Å². The maximum atomic E-state index is 12.3. The van der Waals surface area contributed by atoms with Crippen molar-refractivity contribution in [1.29, 1.82) is 0 Å².